The molecule has 6 heteroatoms. The molecule has 2 aliphatic rings. The van der Waals surface area contributed by atoms with Gasteiger partial charge in [-0.1, -0.05) is 53.4 Å². The number of anilines is 1. The van der Waals surface area contributed by atoms with Crippen molar-refractivity contribution in [2.24, 2.45) is 4.99 Å². The van der Waals surface area contributed by atoms with Crippen molar-refractivity contribution in [3.8, 4) is 0 Å². The van der Waals surface area contributed by atoms with E-state index in [1.54, 1.807) is 11.3 Å². The summed E-state index contributed by atoms with van der Waals surface area (Å²) >= 11 is 3.63. The van der Waals surface area contributed by atoms with Crippen LogP contribution in [0, 0.1) is 0 Å². The van der Waals surface area contributed by atoms with Gasteiger partial charge in [-0.2, -0.15) is 0 Å². The van der Waals surface area contributed by atoms with Crippen LogP contribution in [0.4, 0.5) is 10.8 Å². The quantitative estimate of drug-likeness (QED) is 0.650. The maximum absolute atomic E-state index is 5.03. The predicted molar refractivity (Wildman–Crippen MR) is 118 cm³/mol. The topological polar surface area (TPSA) is 40.5 Å². The van der Waals surface area contributed by atoms with E-state index in [-0.39, 0.29) is 0 Å². The standard InChI is InChI=1S/C21H22N4S2/c1-2-8-17(24-21-25-13-5-7-16(25)14-26-21)15(6-1)11-12-22-20-23-18-9-3-4-10-19(18)27-20/h1-4,6,8-10,16H,5,7,11-14H2,(H,22,23)/b24-21+/t16-/m0/s1. The van der Waals surface area contributed by atoms with Crippen LogP contribution in [0.1, 0.15) is 18.4 Å². The molecule has 0 unspecified atom stereocenters. The van der Waals surface area contributed by atoms with Crippen LogP contribution in [0.3, 0.4) is 0 Å². The van der Waals surface area contributed by atoms with Crippen LogP contribution in [0.25, 0.3) is 10.2 Å². The fraction of sp³-hybridized carbons (Fsp3) is 0.333. The van der Waals surface area contributed by atoms with Crippen molar-refractivity contribution in [1.82, 2.24) is 9.88 Å². The van der Waals surface area contributed by atoms with Crippen molar-refractivity contribution >= 4 is 49.3 Å². The Labute approximate surface area is 167 Å². The maximum Gasteiger partial charge on any atom is 0.183 e. The van der Waals surface area contributed by atoms with E-state index in [2.05, 4.69) is 57.7 Å². The Bertz CT molecular complexity index is 948. The van der Waals surface area contributed by atoms with Crippen molar-refractivity contribution in [1.29, 1.82) is 0 Å². The molecule has 0 saturated carbocycles. The van der Waals surface area contributed by atoms with Gasteiger partial charge in [0.25, 0.3) is 0 Å². The van der Waals surface area contributed by atoms with Gasteiger partial charge in [-0.25, -0.2) is 9.98 Å². The molecule has 138 valence electrons. The average molecular weight is 395 g/mol. The number of thiazole rings is 1. The monoisotopic (exact) mass is 394 g/mol. The summed E-state index contributed by atoms with van der Waals surface area (Å²) in [7, 11) is 0. The number of nitrogens with zero attached hydrogens (tertiary/aromatic N) is 3. The first-order chi connectivity index (χ1) is 13.4. The Balaban J connectivity index is 1.28. The number of hydrogen-bond donors (Lipinski definition) is 1. The van der Waals surface area contributed by atoms with E-state index in [0.29, 0.717) is 6.04 Å². The zero-order valence-electron chi connectivity index (χ0n) is 15.1. The minimum Gasteiger partial charge on any atom is -0.361 e. The fourth-order valence-electron chi connectivity index (χ4n) is 3.80. The predicted octanol–water partition coefficient (Wildman–Crippen LogP) is 5.15. The number of amidine groups is 1. The summed E-state index contributed by atoms with van der Waals surface area (Å²) in [5.74, 6) is 1.19. The van der Waals surface area contributed by atoms with Crippen molar-refractivity contribution < 1.29 is 0 Å². The normalized spacial score (nSPS) is 20.5. The molecule has 1 N–H and O–H groups in total. The molecule has 0 amide bonds. The summed E-state index contributed by atoms with van der Waals surface area (Å²) in [5, 5.41) is 5.69. The number of thioether (sulfide) groups is 1. The summed E-state index contributed by atoms with van der Waals surface area (Å²) in [6.07, 6.45) is 3.56. The number of aromatic nitrogens is 1. The van der Waals surface area contributed by atoms with Gasteiger partial charge in [0.15, 0.2) is 10.3 Å². The third-order valence-electron chi connectivity index (χ3n) is 5.20. The van der Waals surface area contributed by atoms with Gasteiger partial charge in [0.2, 0.25) is 0 Å². The first-order valence-corrected chi connectivity index (χ1v) is 11.3. The second-order valence-electron chi connectivity index (χ2n) is 6.99. The van der Waals surface area contributed by atoms with Crippen LogP contribution in [0.2, 0.25) is 0 Å². The minimum atomic E-state index is 0.710. The second-order valence-corrected chi connectivity index (χ2v) is 9.00. The van der Waals surface area contributed by atoms with Gasteiger partial charge < -0.3 is 10.2 Å². The van der Waals surface area contributed by atoms with Gasteiger partial charge in [-0.05, 0) is 43.0 Å². The minimum absolute atomic E-state index is 0.710. The van der Waals surface area contributed by atoms with Crippen LogP contribution < -0.4 is 5.32 Å². The van der Waals surface area contributed by atoms with Gasteiger partial charge in [-0.15, -0.1) is 0 Å². The number of rotatable bonds is 5. The van der Waals surface area contributed by atoms with Crippen LogP contribution >= 0.6 is 23.1 Å². The van der Waals surface area contributed by atoms with Crippen LogP contribution in [-0.4, -0.2) is 39.9 Å². The van der Waals surface area contributed by atoms with Gasteiger partial charge >= 0.3 is 0 Å². The molecule has 2 aromatic carbocycles. The molecule has 0 aliphatic carbocycles. The zero-order valence-corrected chi connectivity index (χ0v) is 16.7. The maximum atomic E-state index is 5.03. The highest BCUT2D eigenvalue weighted by Crippen LogP contribution is 2.34. The average Bonchev–Trinajstić information content (AvgIpc) is 3.39. The smallest absolute Gasteiger partial charge is 0.183 e. The van der Waals surface area contributed by atoms with E-state index in [1.807, 2.05) is 17.8 Å². The Hall–Kier alpha value is -2.05. The number of hydrogen-bond acceptors (Lipinski definition) is 5. The van der Waals surface area contributed by atoms with Crippen molar-refractivity contribution in [2.45, 2.75) is 25.3 Å². The highest BCUT2D eigenvalue weighted by atomic mass is 32.2. The molecule has 3 heterocycles. The molecule has 1 aromatic heterocycles. The highest BCUT2D eigenvalue weighted by molar-refractivity contribution is 8.14. The summed E-state index contributed by atoms with van der Waals surface area (Å²) in [6, 6.07) is 17.5. The molecular weight excluding hydrogens is 372 g/mol. The molecular formula is C21H22N4S2. The third-order valence-corrected chi connectivity index (χ3v) is 7.33. The van der Waals surface area contributed by atoms with E-state index < -0.39 is 0 Å². The van der Waals surface area contributed by atoms with Crippen molar-refractivity contribution in [3.63, 3.8) is 0 Å². The van der Waals surface area contributed by atoms with E-state index in [9.17, 15) is 0 Å². The number of fused-ring (bicyclic) bond motifs is 2. The van der Waals surface area contributed by atoms with Crippen LogP contribution in [-0.2, 0) is 6.42 Å². The van der Waals surface area contributed by atoms with E-state index in [0.717, 1.165) is 35.8 Å². The van der Waals surface area contributed by atoms with Gasteiger partial charge in [0.1, 0.15) is 0 Å². The number of para-hydroxylation sites is 2. The number of aliphatic imine (C=N–C) groups is 1. The van der Waals surface area contributed by atoms with Gasteiger partial charge in [-0.3, -0.25) is 0 Å². The van der Waals surface area contributed by atoms with Crippen molar-refractivity contribution in [3.05, 3.63) is 54.1 Å². The Morgan fingerprint density at radius 1 is 1.15 bits per heavy atom. The van der Waals surface area contributed by atoms with Crippen molar-refractivity contribution in [2.75, 3.05) is 24.2 Å². The molecule has 0 spiro atoms. The summed E-state index contributed by atoms with van der Waals surface area (Å²) in [4.78, 5) is 12.2. The zero-order chi connectivity index (χ0) is 18.1. The summed E-state index contributed by atoms with van der Waals surface area (Å²) in [5.41, 5.74) is 3.47. The lowest BCUT2D eigenvalue weighted by Gasteiger charge is -2.17. The lowest BCUT2D eigenvalue weighted by atomic mass is 10.1. The lowest BCUT2D eigenvalue weighted by Crippen LogP contribution is -2.27. The third kappa shape index (κ3) is 3.56. The Morgan fingerprint density at radius 2 is 2.04 bits per heavy atom. The largest absolute Gasteiger partial charge is 0.361 e. The molecule has 2 aliphatic heterocycles. The lowest BCUT2D eigenvalue weighted by molar-refractivity contribution is 0.440. The Kier molecular flexibility index (Phi) is 4.76. The molecule has 0 radical (unpaired) electrons. The molecule has 1 atom stereocenters. The summed E-state index contributed by atoms with van der Waals surface area (Å²) in [6.45, 7) is 2.03. The molecule has 4 nitrogen and oxygen atoms in total. The molecule has 0 bridgehead atoms. The van der Waals surface area contributed by atoms with Crippen LogP contribution in [0.5, 0.6) is 0 Å². The first kappa shape index (κ1) is 17.1. The molecule has 27 heavy (non-hydrogen) atoms. The summed E-state index contributed by atoms with van der Waals surface area (Å²) < 4.78 is 1.23. The van der Waals surface area contributed by atoms with E-state index >= 15 is 0 Å². The molecule has 3 aromatic rings. The van der Waals surface area contributed by atoms with Crippen LogP contribution in [0.15, 0.2) is 53.5 Å². The first-order valence-electron chi connectivity index (χ1n) is 9.52. The van der Waals surface area contributed by atoms with E-state index in [1.165, 1.54) is 34.0 Å². The molecule has 2 saturated heterocycles. The van der Waals surface area contributed by atoms with Gasteiger partial charge in [0.05, 0.1) is 15.9 Å². The number of nitrogens with one attached hydrogen (secondary N) is 1. The molecule has 5 rings (SSSR count). The Morgan fingerprint density at radius 3 is 3.00 bits per heavy atom. The van der Waals surface area contributed by atoms with Gasteiger partial charge in [0, 0.05) is 24.9 Å². The molecule has 2 fully saturated rings. The highest BCUT2D eigenvalue weighted by Gasteiger charge is 2.33. The fourth-order valence-corrected chi connectivity index (χ4v) is 5.95. The SMILES string of the molecule is c1ccc(/N=C2/SC[C@@H]3CCCN23)c(CCNc2nc3ccccc3s2)c1. The second kappa shape index (κ2) is 7.52. The number of benzene rings is 2. The van der Waals surface area contributed by atoms with E-state index in [4.69, 9.17) is 4.99 Å².